The molecule has 0 aliphatic rings. The number of nitrogens with one attached hydrogen (secondary N) is 2. The maximum absolute atomic E-state index is 11.2. The van der Waals surface area contributed by atoms with Gasteiger partial charge in [-0.2, -0.15) is 0 Å². The molecule has 0 radical (unpaired) electrons. The maximum atomic E-state index is 11.2. The third-order valence-corrected chi connectivity index (χ3v) is 2.74. The van der Waals surface area contributed by atoms with Crippen LogP contribution in [0.25, 0.3) is 0 Å². The largest absolute Gasteiger partial charge is 0.359 e. The Kier molecular flexibility index (Phi) is 6.81. The van der Waals surface area contributed by atoms with Crippen LogP contribution in [0.1, 0.15) is 25.3 Å². The molecule has 19 heavy (non-hydrogen) atoms. The summed E-state index contributed by atoms with van der Waals surface area (Å²) in [5, 5.41) is 5.90. The van der Waals surface area contributed by atoms with Gasteiger partial charge in [-0.25, -0.2) is 9.97 Å². The monoisotopic (exact) mass is 265 g/mol. The summed E-state index contributed by atoms with van der Waals surface area (Å²) in [5.74, 6) is 0.662. The number of carbonyl (C=O) groups is 1. The van der Waals surface area contributed by atoms with Crippen molar-refractivity contribution in [2.75, 3.05) is 32.1 Å². The van der Waals surface area contributed by atoms with Crippen LogP contribution in [0, 0.1) is 0 Å². The highest BCUT2D eigenvalue weighted by atomic mass is 16.1. The van der Waals surface area contributed by atoms with Crippen LogP contribution in [0.4, 0.5) is 5.95 Å². The first kappa shape index (κ1) is 15.4. The minimum atomic E-state index is 0.0206. The quantitative estimate of drug-likeness (QED) is 0.672. The molecule has 0 spiro atoms. The second-order valence-electron chi connectivity index (χ2n) is 4.41. The van der Waals surface area contributed by atoms with Crippen molar-refractivity contribution in [1.82, 2.24) is 20.6 Å². The summed E-state index contributed by atoms with van der Waals surface area (Å²) >= 11 is 0. The first-order chi connectivity index (χ1) is 9.17. The average molecular weight is 265 g/mol. The Hall–Kier alpha value is -1.69. The van der Waals surface area contributed by atoms with Gasteiger partial charge in [-0.05, 0) is 13.0 Å². The van der Waals surface area contributed by atoms with Crippen molar-refractivity contribution in [3.8, 4) is 0 Å². The molecule has 0 saturated heterocycles. The molecule has 0 aliphatic heterocycles. The first-order valence-electron chi connectivity index (χ1n) is 6.60. The SMILES string of the molecule is CCCNCc1cnc(N(C)CCC(=O)NC)nc1. The zero-order chi connectivity index (χ0) is 14.1. The average Bonchev–Trinajstić information content (AvgIpc) is 2.45. The first-order valence-corrected chi connectivity index (χ1v) is 6.60. The summed E-state index contributed by atoms with van der Waals surface area (Å²) in [4.78, 5) is 21.6. The van der Waals surface area contributed by atoms with E-state index in [2.05, 4.69) is 27.5 Å². The molecule has 0 unspecified atom stereocenters. The van der Waals surface area contributed by atoms with Gasteiger partial charge in [-0.15, -0.1) is 0 Å². The van der Waals surface area contributed by atoms with E-state index in [1.54, 1.807) is 7.05 Å². The molecule has 0 aromatic carbocycles. The molecular weight excluding hydrogens is 242 g/mol. The van der Waals surface area contributed by atoms with Gasteiger partial charge in [-0.1, -0.05) is 6.92 Å². The summed E-state index contributed by atoms with van der Waals surface area (Å²) in [6.07, 6.45) is 5.19. The number of carbonyl (C=O) groups excluding carboxylic acids is 1. The molecule has 6 heteroatoms. The van der Waals surface area contributed by atoms with Crippen LogP contribution < -0.4 is 15.5 Å². The number of anilines is 1. The Morgan fingerprint density at radius 3 is 2.63 bits per heavy atom. The summed E-state index contributed by atoms with van der Waals surface area (Å²) < 4.78 is 0. The Balaban J connectivity index is 2.43. The Labute approximate surface area is 114 Å². The van der Waals surface area contributed by atoms with E-state index in [0.717, 1.165) is 25.1 Å². The lowest BCUT2D eigenvalue weighted by molar-refractivity contribution is -0.120. The van der Waals surface area contributed by atoms with Crippen LogP contribution in [0.5, 0.6) is 0 Å². The third kappa shape index (κ3) is 5.65. The summed E-state index contributed by atoms with van der Waals surface area (Å²) in [5.41, 5.74) is 1.07. The standard InChI is InChI=1S/C13H23N5O/c1-4-6-15-8-11-9-16-13(17-10-11)18(3)7-5-12(19)14-2/h9-10,15H,4-8H2,1-3H3,(H,14,19). The summed E-state index contributed by atoms with van der Waals surface area (Å²) in [7, 11) is 3.52. The van der Waals surface area contributed by atoms with Gasteiger partial charge in [0.2, 0.25) is 11.9 Å². The van der Waals surface area contributed by atoms with Crippen molar-refractivity contribution < 1.29 is 4.79 Å². The van der Waals surface area contributed by atoms with Crippen molar-refractivity contribution in [2.45, 2.75) is 26.3 Å². The van der Waals surface area contributed by atoms with Gasteiger partial charge in [0.25, 0.3) is 0 Å². The second-order valence-corrected chi connectivity index (χ2v) is 4.41. The van der Waals surface area contributed by atoms with E-state index in [1.807, 2.05) is 24.3 Å². The highest BCUT2D eigenvalue weighted by Crippen LogP contribution is 2.05. The molecule has 106 valence electrons. The smallest absolute Gasteiger partial charge is 0.225 e. The van der Waals surface area contributed by atoms with Crippen molar-refractivity contribution in [2.24, 2.45) is 0 Å². The second kappa shape index (κ2) is 8.42. The molecule has 1 amide bonds. The number of hydrogen-bond acceptors (Lipinski definition) is 5. The maximum Gasteiger partial charge on any atom is 0.225 e. The van der Waals surface area contributed by atoms with Crippen LogP contribution in [-0.2, 0) is 11.3 Å². The van der Waals surface area contributed by atoms with Gasteiger partial charge < -0.3 is 15.5 Å². The molecule has 0 bridgehead atoms. The highest BCUT2D eigenvalue weighted by molar-refractivity contribution is 5.76. The van der Waals surface area contributed by atoms with Crippen molar-refractivity contribution in [3.05, 3.63) is 18.0 Å². The number of hydrogen-bond donors (Lipinski definition) is 2. The zero-order valence-electron chi connectivity index (χ0n) is 11.9. The zero-order valence-corrected chi connectivity index (χ0v) is 11.9. The predicted octanol–water partition coefficient (Wildman–Crippen LogP) is 0.549. The van der Waals surface area contributed by atoms with E-state index in [0.29, 0.717) is 18.9 Å². The molecule has 1 heterocycles. The summed E-state index contributed by atoms with van der Waals surface area (Å²) in [6, 6.07) is 0. The van der Waals surface area contributed by atoms with E-state index in [9.17, 15) is 4.79 Å². The molecule has 1 aromatic rings. The molecule has 2 N–H and O–H groups in total. The summed E-state index contributed by atoms with van der Waals surface area (Å²) in [6.45, 7) is 4.52. The van der Waals surface area contributed by atoms with Crippen molar-refractivity contribution >= 4 is 11.9 Å². The molecule has 0 atom stereocenters. The highest BCUT2D eigenvalue weighted by Gasteiger charge is 2.06. The van der Waals surface area contributed by atoms with Gasteiger partial charge in [-0.3, -0.25) is 4.79 Å². The third-order valence-electron chi connectivity index (χ3n) is 2.74. The Bertz CT molecular complexity index is 379. The number of amides is 1. The fourth-order valence-corrected chi connectivity index (χ4v) is 1.54. The van der Waals surface area contributed by atoms with Gasteiger partial charge in [0.1, 0.15) is 0 Å². The number of nitrogens with zero attached hydrogens (tertiary/aromatic N) is 3. The molecule has 0 fully saturated rings. The molecular formula is C13H23N5O. The van der Waals surface area contributed by atoms with Crippen molar-refractivity contribution in [1.29, 1.82) is 0 Å². The van der Waals surface area contributed by atoms with E-state index in [4.69, 9.17) is 0 Å². The molecule has 6 nitrogen and oxygen atoms in total. The number of rotatable bonds is 8. The molecule has 0 saturated carbocycles. The molecule has 1 rings (SSSR count). The predicted molar refractivity (Wildman–Crippen MR) is 76.0 cm³/mol. The lowest BCUT2D eigenvalue weighted by Crippen LogP contribution is -2.27. The normalized spacial score (nSPS) is 10.3. The Morgan fingerprint density at radius 2 is 2.05 bits per heavy atom. The van der Waals surface area contributed by atoms with E-state index in [-0.39, 0.29) is 5.91 Å². The number of aromatic nitrogens is 2. The van der Waals surface area contributed by atoms with E-state index < -0.39 is 0 Å². The molecule has 1 aromatic heterocycles. The Morgan fingerprint density at radius 1 is 1.37 bits per heavy atom. The minimum absolute atomic E-state index is 0.0206. The molecule has 0 aliphatic carbocycles. The van der Waals surface area contributed by atoms with E-state index in [1.165, 1.54) is 0 Å². The minimum Gasteiger partial charge on any atom is -0.359 e. The van der Waals surface area contributed by atoms with E-state index >= 15 is 0 Å². The van der Waals surface area contributed by atoms with Gasteiger partial charge in [0.15, 0.2) is 0 Å². The lowest BCUT2D eigenvalue weighted by atomic mass is 10.3. The van der Waals surface area contributed by atoms with Gasteiger partial charge >= 0.3 is 0 Å². The van der Waals surface area contributed by atoms with Gasteiger partial charge in [0, 0.05) is 51.6 Å². The van der Waals surface area contributed by atoms with Crippen LogP contribution in [0.2, 0.25) is 0 Å². The lowest BCUT2D eigenvalue weighted by Gasteiger charge is -2.16. The van der Waals surface area contributed by atoms with Crippen molar-refractivity contribution in [3.63, 3.8) is 0 Å². The fourth-order valence-electron chi connectivity index (χ4n) is 1.54. The van der Waals surface area contributed by atoms with Gasteiger partial charge in [0.05, 0.1) is 0 Å². The van der Waals surface area contributed by atoms with Crippen LogP contribution >= 0.6 is 0 Å². The van der Waals surface area contributed by atoms with Crippen LogP contribution in [0.15, 0.2) is 12.4 Å². The van der Waals surface area contributed by atoms with Crippen LogP contribution in [-0.4, -0.2) is 43.1 Å². The topological polar surface area (TPSA) is 70.2 Å². The van der Waals surface area contributed by atoms with Crippen LogP contribution in [0.3, 0.4) is 0 Å². The fraction of sp³-hybridized carbons (Fsp3) is 0.615.